The molecule has 1 aliphatic rings. The summed E-state index contributed by atoms with van der Waals surface area (Å²) in [6.45, 7) is 0.364. The Morgan fingerprint density at radius 2 is 1.65 bits per heavy atom. The van der Waals surface area contributed by atoms with Gasteiger partial charge in [-0.05, 0) is 66.6 Å². The number of anilines is 2. The van der Waals surface area contributed by atoms with E-state index in [0.717, 1.165) is 11.8 Å². The first kappa shape index (κ1) is 20.6. The van der Waals surface area contributed by atoms with Gasteiger partial charge >= 0.3 is 5.97 Å². The van der Waals surface area contributed by atoms with Crippen LogP contribution < -0.4 is 14.4 Å². The number of fused-ring (bicyclic) bond motifs is 1. The fourth-order valence-corrected chi connectivity index (χ4v) is 4.37. The third kappa shape index (κ3) is 4.59. The number of nitrogens with one attached hydrogen (secondary N) is 1. The van der Waals surface area contributed by atoms with E-state index < -0.39 is 16.0 Å². The number of amides is 1. The number of benzene rings is 3. The van der Waals surface area contributed by atoms with Crippen LogP contribution in [0.25, 0.3) is 0 Å². The van der Waals surface area contributed by atoms with E-state index in [1.807, 2.05) is 6.07 Å². The van der Waals surface area contributed by atoms with Crippen molar-refractivity contribution in [2.24, 2.45) is 0 Å². The van der Waals surface area contributed by atoms with Crippen LogP contribution in [-0.2, 0) is 16.4 Å². The molecule has 1 heterocycles. The highest BCUT2D eigenvalue weighted by atomic mass is 32.2. The molecule has 0 saturated carbocycles. The molecule has 1 N–H and O–H groups in total. The number of esters is 1. The minimum atomic E-state index is -3.34. The van der Waals surface area contributed by atoms with Crippen molar-refractivity contribution >= 4 is 33.3 Å². The molecule has 8 heteroatoms. The molecular weight excluding hydrogens is 416 g/mol. The molecule has 1 aliphatic heterocycles. The summed E-state index contributed by atoms with van der Waals surface area (Å²) in [6.07, 6.45) is 1.70. The van der Waals surface area contributed by atoms with Crippen molar-refractivity contribution in [3.8, 4) is 5.75 Å². The van der Waals surface area contributed by atoms with Crippen molar-refractivity contribution in [3.05, 3.63) is 89.5 Å². The maximum Gasteiger partial charge on any atom is 0.343 e. The van der Waals surface area contributed by atoms with Crippen molar-refractivity contribution in [1.82, 2.24) is 0 Å². The van der Waals surface area contributed by atoms with Crippen LogP contribution in [0, 0.1) is 0 Å². The topological polar surface area (TPSA) is 92.8 Å². The van der Waals surface area contributed by atoms with Gasteiger partial charge in [-0.15, -0.1) is 0 Å². The van der Waals surface area contributed by atoms with Crippen molar-refractivity contribution < 1.29 is 22.7 Å². The van der Waals surface area contributed by atoms with Crippen LogP contribution in [0.5, 0.6) is 5.75 Å². The lowest BCUT2D eigenvalue weighted by molar-refractivity contribution is 0.0734. The van der Waals surface area contributed by atoms with E-state index in [4.69, 9.17) is 4.74 Å². The zero-order valence-corrected chi connectivity index (χ0v) is 17.6. The minimum Gasteiger partial charge on any atom is -0.423 e. The quantitative estimate of drug-likeness (QED) is 0.488. The predicted molar refractivity (Wildman–Crippen MR) is 118 cm³/mol. The summed E-state index contributed by atoms with van der Waals surface area (Å²) < 4.78 is 30.4. The molecule has 3 aromatic rings. The summed E-state index contributed by atoms with van der Waals surface area (Å²) >= 11 is 0. The van der Waals surface area contributed by atoms with Crippen LogP contribution in [0.3, 0.4) is 0 Å². The maximum atomic E-state index is 12.5. The Hall–Kier alpha value is -3.65. The summed E-state index contributed by atoms with van der Waals surface area (Å²) in [4.78, 5) is 24.7. The molecule has 0 radical (unpaired) electrons. The average Bonchev–Trinajstić information content (AvgIpc) is 3.19. The summed E-state index contributed by atoms with van der Waals surface area (Å²) in [5.41, 5.74) is 2.85. The first-order valence-electron chi connectivity index (χ1n) is 9.60. The Kier molecular flexibility index (Phi) is 5.48. The van der Waals surface area contributed by atoms with E-state index in [-0.39, 0.29) is 5.91 Å². The predicted octanol–water partition coefficient (Wildman–Crippen LogP) is 3.48. The summed E-state index contributed by atoms with van der Waals surface area (Å²) in [7, 11) is -3.34. The molecule has 0 aliphatic carbocycles. The highest BCUT2D eigenvalue weighted by molar-refractivity contribution is 7.92. The van der Waals surface area contributed by atoms with E-state index in [1.165, 1.54) is 4.31 Å². The van der Waals surface area contributed by atoms with Gasteiger partial charge in [0.2, 0.25) is 10.0 Å². The van der Waals surface area contributed by atoms with Crippen molar-refractivity contribution in [3.63, 3.8) is 0 Å². The molecule has 4 rings (SSSR count). The second kappa shape index (κ2) is 8.23. The maximum absolute atomic E-state index is 12.5. The second-order valence-electron chi connectivity index (χ2n) is 7.16. The van der Waals surface area contributed by atoms with Crippen molar-refractivity contribution in [2.75, 3.05) is 22.4 Å². The zero-order valence-electron chi connectivity index (χ0n) is 16.7. The molecule has 0 bridgehead atoms. The van der Waals surface area contributed by atoms with Gasteiger partial charge in [-0.3, -0.25) is 9.10 Å². The number of carbonyl (C=O) groups excluding carboxylic acids is 2. The van der Waals surface area contributed by atoms with Gasteiger partial charge in [0.1, 0.15) is 5.75 Å². The highest BCUT2D eigenvalue weighted by Crippen LogP contribution is 2.31. The Bertz CT molecular complexity index is 1240. The van der Waals surface area contributed by atoms with Gasteiger partial charge < -0.3 is 10.1 Å². The number of ether oxygens (including phenoxy) is 1. The molecule has 31 heavy (non-hydrogen) atoms. The molecule has 7 nitrogen and oxygen atoms in total. The average molecular weight is 436 g/mol. The summed E-state index contributed by atoms with van der Waals surface area (Å²) in [6, 6.07) is 20.2. The zero-order chi connectivity index (χ0) is 22.0. The third-order valence-electron chi connectivity index (χ3n) is 4.93. The number of hydrogen-bond donors (Lipinski definition) is 1. The van der Waals surface area contributed by atoms with Crippen LogP contribution in [0.4, 0.5) is 11.4 Å². The lowest BCUT2D eigenvalue weighted by Crippen LogP contribution is -2.27. The number of carbonyl (C=O) groups is 2. The third-order valence-corrected chi connectivity index (χ3v) is 6.11. The molecule has 0 spiro atoms. The van der Waals surface area contributed by atoms with Gasteiger partial charge in [0, 0.05) is 17.8 Å². The fourth-order valence-electron chi connectivity index (χ4n) is 3.41. The Balaban J connectivity index is 1.42. The number of rotatable bonds is 5. The molecule has 1 amide bonds. The van der Waals surface area contributed by atoms with E-state index in [1.54, 1.807) is 66.7 Å². The monoisotopic (exact) mass is 436 g/mol. The highest BCUT2D eigenvalue weighted by Gasteiger charge is 2.27. The lowest BCUT2D eigenvalue weighted by Gasteiger charge is -2.16. The first-order chi connectivity index (χ1) is 14.8. The van der Waals surface area contributed by atoms with Gasteiger partial charge in [0.05, 0.1) is 17.5 Å². The minimum absolute atomic E-state index is 0.230. The molecule has 0 unspecified atom stereocenters. The Morgan fingerprint density at radius 3 is 2.32 bits per heavy atom. The van der Waals surface area contributed by atoms with Crippen LogP contribution in [0.1, 0.15) is 26.3 Å². The number of sulfonamides is 1. The van der Waals surface area contributed by atoms with Crippen LogP contribution in [0.15, 0.2) is 72.8 Å². The molecule has 158 valence electrons. The second-order valence-corrected chi connectivity index (χ2v) is 9.07. The molecule has 0 saturated heterocycles. The van der Waals surface area contributed by atoms with E-state index in [0.29, 0.717) is 41.2 Å². The first-order valence-corrected chi connectivity index (χ1v) is 11.5. The van der Waals surface area contributed by atoms with Crippen molar-refractivity contribution in [2.45, 2.75) is 6.42 Å². The van der Waals surface area contributed by atoms with Gasteiger partial charge in [-0.1, -0.05) is 18.2 Å². The molecule has 3 aromatic carbocycles. The lowest BCUT2D eigenvalue weighted by atomic mass is 10.1. The standard InChI is InChI=1S/C23H20N2O5S/c1-31(28,29)25-14-13-17-15-18(7-12-21(17)25)23(27)30-20-10-8-19(9-11-20)24-22(26)16-5-3-2-4-6-16/h2-12,15H,13-14H2,1H3,(H,24,26). The fraction of sp³-hybridized carbons (Fsp3) is 0.130. The molecule has 0 atom stereocenters. The van der Waals surface area contributed by atoms with E-state index >= 15 is 0 Å². The van der Waals surface area contributed by atoms with Gasteiger partial charge in [0.25, 0.3) is 5.91 Å². The molecular formula is C23H20N2O5S. The Labute approximate surface area is 180 Å². The van der Waals surface area contributed by atoms with Crippen LogP contribution in [-0.4, -0.2) is 33.1 Å². The van der Waals surface area contributed by atoms with Gasteiger partial charge in [-0.2, -0.15) is 0 Å². The van der Waals surface area contributed by atoms with Crippen LogP contribution >= 0.6 is 0 Å². The number of hydrogen-bond acceptors (Lipinski definition) is 5. The van der Waals surface area contributed by atoms with Gasteiger partial charge in [-0.25, -0.2) is 13.2 Å². The molecule has 0 fully saturated rings. The van der Waals surface area contributed by atoms with Crippen LogP contribution in [0.2, 0.25) is 0 Å². The summed E-state index contributed by atoms with van der Waals surface area (Å²) in [5.74, 6) is -0.436. The molecule has 0 aromatic heterocycles. The Morgan fingerprint density at radius 1 is 0.935 bits per heavy atom. The summed E-state index contributed by atoms with van der Waals surface area (Å²) in [5, 5.41) is 2.78. The van der Waals surface area contributed by atoms with Gasteiger partial charge in [0.15, 0.2) is 0 Å². The normalized spacial score (nSPS) is 12.9. The largest absolute Gasteiger partial charge is 0.423 e. The van der Waals surface area contributed by atoms with E-state index in [9.17, 15) is 18.0 Å². The SMILES string of the molecule is CS(=O)(=O)N1CCc2cc(C(=O)Oc3ccc(NC(=O)c4ccccc4)cc3)ccc21. The smallest absolute Gasteiger partial charge is 0.343 e. The van der Waals surface area contributed by atoms with Crippen molar-refractivity contribution in [1.29, 1.82) is 0 Å². The number of nitrogens with zero attached hydrogens (tertiary/aromatic N) is 1. The van der Waals surface area contributed by atoms with E-state index in [2.05, 4.69) is 5.32 Å².